The van der Waals surface area contributed by atoms with E-state index >= 15 is 0 Å². The van der Waals surface area contributed by atoms with E-state index in [2.05, 4.69) is 9.88 Å². The minimum atomic E-state index is -0.149. The Kier molecular flexibility index (Phi) is 4.18. The van der Waals surface area contributed by atoms with E-state index in [0.29, 0.717) is 24.7 Å². The number of piperidine rings is 1. The number of aromatic nitrogens is 1. The van der Waals surface area contributed by atoms with E-state index in [-0.39, 0.29) is 17.9 Å². The van der Waals surface area contributed by atoms with E-state index in [1.54, 1.807) is 6.20 Å². The SMILES string of the molecule is O=C(c1ccc(N2C[C@H]3COC[C@@]3(CO)C2)nc1)N1CCCCC1. The van der Waals surface area contributed by atoms with Crippen molar-refractivity contribution in [1.82, 2.24) is 9.88 Å². The molecule has 2 atom stereocenters. The van der Waals surface area contributed by atoms with Crippen molar-refractivity contribution in [3.05, 3.63) is 23.9 Å². The standard InChI is InChI=1S/C18H25N3O3/c22-12-18-11-21(9-15(18)10-24-13-18)16-5-4-14(8-19-16)17(23)20-6-2-1-3-7-20/h4-5,8,15,22H,1-3,6-7,9-13H2/t15-,18-/m0/s1. The number of anilines is 1. The molecule has 6 nitrogen and oxygen atoms in total. The summed E-state index contributed by atoms with van der Waals surface area (Å²) in [6.45, 7) is 4.81. The molecule has 0 aliphatic carbocycles. The normalized spacial score (nSPS) is 29.8. The third-order valence-electron chi connectivity index (χ3n) is 5.80. The Morgan fingerprint density at radius 2 is 2.17 bits per heavy atom. The summed E-state index contributed by atoms with van der Waals surface area (Å²) in [4.78, 5) is 21.2. The predicted molar refractivity (Wildman–Crippen MR) is 90.0 cm³/mol. The first-order valence-electron chi connectivity index (χ1n) is 8.91. The van der Waals surface area contributed by atoms with Crippen molar-refractivity contribution in [2.75, 3.05) is 50.9 Å². The van der Waals surface area contributed by atoms with Crippen LogP contribution in [0.1, 0.15) is 29.6 Å². The van der Waals surface area contributed by atoms with Crippen LogP contribution < -0.4 is 4.90 Å². The van der Waals surface area contributed by atoms with E-state index < -0.39 is 0 Å². The number of rotatable bonds is 3. The Morgan fingerprint density at radius 1 is 1.33 bits per heavy atom. The minimum absolute atomic E-state index is 0.0901. The predicted octanol–water partition coefficient (Wildman–Crippen LogP) is 1.15. The van der Waals surface area contributed by atoms with Gasteiger partial charge in [-0.25, -0.2) is 4.98 Å². The van der Waals surface area contributed by atoms with E-state index in [0.717, 1.165) is 44.8 Å². The molecule has 24 heavy (non-hydrogen) atoms. The fourth-order valence-electron chi connectivity index (χ4n) is 4.21. The van der Waals surface area contributed by atoms with Gasteiger partial charge < -0.3 is 19.6 Å². The van der Waals surface area contributed by atoms with Crippen LogP contribution in [0.5, 0.6) is 0 Å². The molecule has 1 aromatic heterocycles. The molecule has 1 aromatic rings. The van der Waals surface area contributed by atoms with Crippen molar-refractivity contribution >= 4 is 11.7 Å². The van der Waals surface area contributed by atoms with Crippen LogP contribution in [0.2, 0.25) is 0 Å². The lowest BCUT2D eigenvalue weighted by Gasteiger charge is -2.27. The number of pyridine rings is 1. The Hall–Kier alpha value is -1.66. The Morgan fingerprint density at radius 3 is 2.83 bits per heavy atom. The van der Waals surface area contributed by atoms with Gasteiger partial charge in [-0.3, -0.25) is 4.79 Å². The summed E-state index contributed by atoms with van der Waals surface area (Å²) in [5, 5.41) is 9.78. The highest BCUT2D eigenvalue weighted by Crippen LogP contribution is 2.42. The van der Waals surface area contributed by atoms with Gasteiger partial charge in [0, 0.05) is 43.7 Å². The number of amides is 1. The quantitative estimate of drug-likeness (QED) is 0.900. The fourth-order valence-corrected chi connectivity index (χ4v) is 4.21. The molecule has 130 valence electrons. The number of ether oxygens (including phenoxy) is 1. The van der Waals surface area contributed by atoms with Gasteiger partial charge in [-0.15, -0.1) is 0 Å². The number of aliphatic hydroxyl groups excluding tert-OH is 1. The number of hydrogen-bond donors (Lipinski definition) is 1. The lowest BCUT2D eigenvalue weighted by Crippen LogP contribution is -2.36. The van der Waals surface area contributed by atoms with Gasteiger partial charge in [0.05, 0.1) is 25.4 Å². The first-order valence-corrected chi connectivity index (χ1v) is 8.91. The zero-order chi connectivity index (χ0) is 16.6. The third-order valence-corrected chi connectivity index (χ3v) is 5.80. The molecular weight excluding hydrogens is 306 g/mol. The minimum Gasteiger partial charge on any atom is -0.396 e. The van der Waals surface area contributed by atoms with Crippen LogP contribution in [0, 0.1) is 11.3 Å². The molecule has 3 aliphatic heterocycles. The molecule has 4 rings (SSSR count). The maximum absolute atomic E-state index is 12.5. The molecule has 0 unspecified atom stereocenters. The average Bonchev–Trinajstić information content (AvgIpc) is 3.19. The molecule has 0 spiro atoms. The monoisotopic (exact) mass is 331 g/mol. The van der Waals surface area contributed by atoms with Crippen molar-refractivity contribution in [1.29, 1.82) is 0 Å². The highest BCUT2D eigenvalue weighted by Gasteiger charge is 2.50. The van der Waals surface area contributed by atoms with E-state index in [1.165, 1.54) is 6.42 Å². The number of carbonyl (C=O) groups is 1. The first kappa shape index (κ1) is 15.8. The molecular formula is C18H25N3O3. The van der Waals surface area contributed by atoms with Gasteiger partial charge in [-0.2, -0.15) is 0 Å². The number of carbonyl (C=O) groups excluding carboxylic acids is 1. The summed E-state index contributed by atoms with van der Waals surface area (Å²) in [7, 11) is 0. The Labute approximate surface area is 142 Å². The number of aliphatic hydroxyl groups is 1. The van der Waals surface area contributed by atoms with E-state index in [1.807, 2.05) is 17.0 Å². The topological polar surface area (TPSA) is 65.9 Å². The number of likely N-dealkylation sites (tertiary alicyclic amines) is 1. The molecule has 4 heterocycles. The van der Waals surface area contributed by atoms with Gasteiger partial charge in [0.15, 0.2) is 0 Å². The van der Waals surface area contributed by atoms with Gasteiger partial charge in [0.25, 0.3) is 5.91 Å². The van der Waals surface area contributed by atoms with Crippen molar-refractivity contribution < 1.29 is 14.6 Å². The zero-order valence-corrected chi connectivity index (χ0v) is 14.0. The van der Waals surface area contributed by atoms with Gasteiger partial charge in [0.2, 0.25) is 0 Å². The highest BCUT2D eigenvalue weighted by molar-refractivity contribution is 5.94. The lowest BCUT2D eigenvalue weighted by molar-refractivity contribution is 0.0724. The number of fused-ring (bicyclic) bond motifs is 1. The zero-order valence-electron chi connectivity index (χ0n) is 14.0. The molecule has 0 aromatic carbocycles. The number of nitrogens with zero attached hydrogens (tertiary/aromatic N) is 3. The molecule has 0 saturated carbocycles. The Balaban J connectivity index is 1.45. The molecule has 0 bridgehead atoms. The summed E-state index contributed by atoms with van der Waals surface area (Å²) >= 11 is 0. The van der Waals surface area contributed by atoms with Crippen LogP contribution in [0.4, 0.5) is 5.82 Å². The van der Waals surface area contributed by atoms with Crippen LogP contribution in [-0.4, -0.2) is 66.9 Å². The number of hydrogen-bond acceptors (Lipinski definition) is 5. The maximum Gasteiger partial charge on any atom is 0.255 e. The molecule has 3 saturated heterocycles. The highest BCUT2D eigenvalue weighted by atomic mass is 16.5. The second-order valence-corrected chi connectivity index (χ2v) is 7.37. The van der Waals surface area contributed by atoms with Gasteiger partial charge in [-0.05, 0) is 31.4 Å². The second-order valence-electron chi connectivity index (χ2n) is 7.37. The van der Waals surface area contributed by atoms with Crippen LogP contribution in [0.3, 0.4) is 0 Å². The third kappa shape index (κ3) is 2.67. The van der Waals surface area contributed by atoms with Crippen molar-refractivity contribution in [2.45, 2.75) is 19.3 Å². The first-order chi connectivity index (χ1) is 11.7. The summed E-state index contributed by atoms with van der Waals surface area (Å²) in [6, 6.07) is 3.82. The molecule has 3 aliphatic rings. The van der Waals surface area contributed by atoms with Crippen molar-refractivity contribution in [3.63, 3.8) is 0 Å². The van der Waals surface area contributed by atoms with Crippen LogP contribution >= 0.6 is 0 Å². The lowest BCUT2D eigenvalue weighted by atomic mass is 9.82. The molecule has 6 heteroatoms. The maximum atomic E-state index is 12.5. The Bertz CT molecular complexity index is 600. The van der Waals surface area contributed by atoms with Gasteiger partial charge in [-0.1, -0.05) is 0 Å². The van der Waals surface area contributed by atoms with Crippen LogP contribution in [0.15, 0.2) is 18.3 Å². The molecule has 0 radical (unpaired) electrons. The van der Waals surface area contributed by atoms with Crippen LogP contribution in [-0.2, 0) is 4.74 Å². The largest absolute Gasteiger partial charge is 0.396 e. The molecule has 1 N–H and O–H groups in total. The summed E-state index contributed by atoms with van der Waals surface area (Å²) in [6.07, 6.45) is 5.10. The van der Waals surface area contributed by atoms with Gasteiger partial charge >= 0.3 is 0 Å². The van der Waals surface area contributed by atoms with Crippen molar-refractivity contribution in [3.8, 4) is 0 Å². The van der Waals surface area contributed by atoms with Crippen LogP contribution in [0.25, 0.3) is 0 Å². The van der Waals surface area contributed by atoms with E-state index in [9.17, 15) is 9.90 Å². The summed E-state index contributed by atoms with van der Waals surface area (Å²) in [5.74, 6) is 1.33. The summed E-state index contributed by atoms with van der Waals surface area (Å²) < 4.78 is 5.55. The fraction of sp³-hybridized carbons (Fsp3) is 0.667. The average molecular weight is 331 g/mol. The van der Waals surface area contributed by atoms with Gasteiger partial charge in [0.1, 0.15) is 5.82 Å². The van der Waals surface area contributed by atoms with Crippen molar-refractivity contribution in [2.24, 2.45) is 11.3 Å². The second kappa shape index (κ2) is 6.33. The molecule has 3 fully saturated rings. The smallest absolute Gasteiger partial charge is 0.255 e. The molecule has 1 amide bonds. The summed E-state index contributed by atoms with van der Waals surface area (Å²) in [5.41, 5.74) is 0.518. The van der Waals surface area contributed by atoms with E-state index in [4.69, 9.17) is 4.74 Å².